The van der Waals surface area contributed by atoms with Crippen LogP contribution in [0.2, 0.25) is 0 Å². The molecule has 128 valence electrons. The Hall–Kier alpha value is -1.78. The Bertz CT molecular complexity index is 628. The monoisotopic (exact) mass is 343 g/mol. The molecule has 3 nitrogen and oxygen atoms in total. The van der Waals surface area contributed by atoms with Gasteiger partial charge in [0.2, 0.25) is 0 Å². The number of nitrogens with one attached hydrogen (secondary N) is 2. The summed E-state index contributed by atoms with van der Waals surface area (Å²) in [6, 6.07) is 18.8. The van der Waals surface area contributed by atoms with E-state index in [1.807, 2.05) is 18.2 Å². The number of likely N-dealkylation sites (N-methyl/N-ethyl adjacent to an activating group) is 1. The van der Waals surface area contributed by atoms with Crippen molar-refractivity contribution in [3.63, 3.8) is 0 Å². The molecule has 0 fully saturated rings. The van der Waals surface area contributed by atoms with Gasteiger partial charge in [0.15, 0.2) is 6.54 Å². The first-order chi connectivity index (χ1) is 11.6. The molecule has 1 unspecified atom stereocenters. The van der Waals surface area contributed by atoms with Crippen LogP contribution < -0.4 is 10.2 Å². The summed E-state index contributed by atoms with van der Waals surface area (Å²) in [7, 11) is 2.06. The van der Waals surface area contributed by atoms with Crippen molar-refractivity contribution in [3.05, 3.63) is 65.7 Å². The van der Waals surface area contributed by atoms with Gasteiger partial charge in [0.1, 0.15) is 6.54 Å². The van der Waals surface area contributed by atoms with Crippen LogP contribution in [-0.2, 0) is 11.3 Å². The molecule has 2 rings (SSSR count). The van der Waals surface area contributed by atoms with Gasteiger partial charge in [-0.05, 0) is 29.9 Å². The smallest absolute Gasteiger partial charge is 0.275 e. The fourth-order valence-corrected chi connectivity index (χ4v) is 3.07. The summed E-state index contributed by atoms with van der Waals surface area (Å²) in [4.78, 5) is 14.6. The quantitative estimate of drug-likeness (QED) is 0.722. The Morgan fingerprint density at radius 2 is 1.79 bits per heavy atom. The molecule has 0 bridgehead atoms. The molecule has 0 aliphatic heterocycles. The third-order valence-electron chi connectivity index (χ3n) is 4.10. The van der Waals surface area contributed by atoms with E-state index >= 15 is 0 Å². The third-order valence-corrected chi connectivity index (χ3v) is 4.84. The molecule has 0 heterocycles. The van der Waals surface area contributed by atoms with Gasteiger partial charge in [0, 0.05) is 17.0 Å². The van der Waals surface area contributed by atoms with Crippen molar-refractivity contribution in [1.29, 1.82) is 0 Å². The summed E-state index contributed by atoms with van der Waals surface area (Å²) in [5.74, 6) is 0.436. The van der Waals surface area contributed by atoms with Crippen molar-refractivity contribution in [2.24, 2.45) is 0 Å². The second-order valence-corrected chi connectivity index (χ2v) is 7.15. The minimum absolute atomic E-state index is 0.107. The number of quaternary nitrogens is 1. The lowest BCUT2D eigenvalue weighted by Gasteiger charge is -2.16. The Morgan fingerprint density at radius 3 is 2.42 bits per heavy atom. The zero-order chi connectivity index (χ0) is 17.4. The van der Waals surface area contributed by atoms with Crippen LogP contribution in [-0.4, -0.2) is 32.3 Å². The van der Waals surface area contributed by atoms with Crippen LogP contribution in [0.3, 0.4) is 0 Å². The van der Waals surface area contributed by atoms with Crippen LogP contribution in [0.1, 0.15) is 24.0 Å². The molecule has 0 aromatic heterocycles. The summed E-state index contributed by atoms with van der Waals surface area (Å²) in [5, 5.41) is 3.05. The van der Waals surface area contributed by atoms with E-state index in [0.717, 1.165) is 6.54 Å². The standard InChI is InChI=1S/C20H26N2OS/c1-16(18-7-5-4-6-8-18)13-21-20(23)15-22(2)14-17-9-11-19(24-3)12-10-17/h4-12,16H,13-15H2,1-3H3,(H,21,23)/p+1/t16-/m0/s1. The lowest BCUT2D eigenvalue weighted by molar-refractivity contribution is -0.885. The van der Waals surface area contributed by atoms with Crippen LogP contribution in [0.4, 0.5) is 0 Å². The van der Waals surface area contributed by atoms with Crippen molar-refractivity contribution in [1.82, 2.24) is 5.32 Å². The van der Waals surface area contributed by atoms with Gasteiger partial charge >= 0.3 is 0 Å². The fraction of sp³-hybridized carbons (Fsp3) is 0.350. The highest BCUT2D eigenvalue weighted by Crippen LogP contribution is 2.14. The van der Waals surface area contributed by atoms with Crippen molar-refractivity contribution in [2.75, 3.05) is 26.4 Å². The molecular weight excluding hydrogens is 316 g/mol. The number of amides is 1. The van der Waals surface area contributed by atoms with E-state index in [1.165, 1.54) is 20.9 Å². The van der Waals surface area contributed by atoms with Crippen LogP contribution in [0.15, 0.2) is 59.5 Å². The molecule has 0 spiro atoms. The van der Waals surface area contributed by atoms with Gasteiger partial charge in [-0.2, -0.15) is 0 Å². The molecule has 0 radical (unpaired) electrons. The number of rotatable bonds is 8. The minimum Gasteiger partial charge on any atom is -0.351 e. The molecule has 0 saturated carbocycles. The van der Waals surface area contributed by atoms with Crippen molar-refractivity contribution < 1.29 is 9.69 Å². The highest BCUT2D eigenvalue weighted by Gasteiger charge is 2.12. The summed E-state index contributed by atoms with van der Waals surface area (Å²) >= 11 is 1.74. The number of hydrogen-bond acceptors (Lipinski definition) is 2. The summed E-state index contributed by atoms with van der Waals surface area (Å²) in [6.45, 7) is 4.17. The maximum absolute atomic E-state index is 12.1. The van der Waals surface area contributed by atoms with Gasteiger partial charge in [-0.3, -0.25) is 4.79 Å². The van der Waals surface area contributed by atoms with Crippen molar-refractivity contribution in [3.8, 4) is 0 Å². The van der Waals surface area contributed by atoms with Gasteiger partial charge in [-0.25, -0.2) is 0 Å². The Balaban J connectivity index is 1.74. The van der Waals surface area contributed by atoms with Crippen LogP contribution >= 0.6 is 11.8 Å². The summed E-state index contributed by atoms with van der Waals surface area (Å²) < 4.78 is 0. The van der Waals surface area contributed by atoms with Crippen LogP contribution in [0, 0.1) is 0 Å². The maximum Gasteiger partial charge on any atom is 0.275 e. The van der Waals surface area contributed by atoms with E-state index in [-0.39, 0.29) is 5.91 Å². The number of hydrogen-bond donors (Lipinski definition) is 2. The zero-order valence-electron chi connectivity index (χ0n) is 14.7. The molecule has 2 N–H and O–H groups in total. The van der Waals surface area contributed by atoms with Gasteiger partial charge in [-0.15, -0.1) is 11.8 Å². The lowest BCUT2D eigenvalue weighted by Crippen LogP contribution is -3.08. The van der Waals surface area contributed by atoms with Crippen LogP contribution in [0.5, 0.6) is 0 Å². The zero-order valence-corrected chi connectivity index (χ0v) is 15.5. The normalized spacial score (nSPS) is 13.3. The second-order valence-electron chi connectivity index (χ2n) is 6.27. The number of carbonyl (C=O) groups excluding carboxylic acids is 1. The Morgan fingerprint density at radius 1 is 1.12 bits per heavy atom. The molecule has 1 amide bonds. The molecule has 0 aliphatic carbocycles. The highest BCUT2D eigenvalue weighted by atomic mass is 32.2. The van der Waals surface area contributed by atoms with E-state index in [9.17, 15) is 4.79 Å². The van der Waals surface area contributed by atoms with Gasteiger partial charge in [0.05, 0.1) is 7.05 Å². The number of thioether (sulfide) groups is 1. The minimum atomic E-state index is 0.107. The summed E-state index contributed by atoms with van der Waals surface area (Å²) in [6.07, 6.45) is 2.08. The molecule has 2 aromatic carbocycles. The topological polar surface area (TPSA) is 33.5 Å². The van der Waals surface area contributed by atoms with Crippen LogP contribution in [0.25, 0.3) is 0 Å². The maximum atomic E-state index is 12.1. The molecule has 4 heteroatoms. The predicted molar refractivity (Wildman–Crippen MR) is 102 cm³/mol. The molecule has 0 saturated heterocycles. The Kier molecular flexibility index (Phi) is 7.35. The summed E-state index contributed by atoms with van der Waals surface area (Å²) in [5.41, 5.74) is 2.52. The van der Waals surface area contributed by atoms with E-state index in [1.54, 1.807) is 11.8 Å². The first-order valence-corrected chi connectivity index (χ1v) is 9.57. The van der Waals surface area contributed by atoms with E-state index in [0.29, 0.717) is 19.0 Å². The largest absolute Gasteiger partial charge is 0.351 e. The Labute approximate surface area is 149 Å². The number of carbonyl (C=O) groups is 1. The van der Waals surface area contributed by atoms with E-state index < -0.39 is 0 Å². The molecule has 24 heavy (non-hydrogen) atoms. The first-order valence-electron chi connectivity index (χ1n) is 8.34. The second kappa shape index (κ2) is 9.50. The molecular formula is C20H27N2OS+. The van der Waals surface area contributed by atoms with Gasteiger partial charge in [0.25, 0.3) is 5.91 Å². The molecule has 0 aliphatic rings. The SMILES string of the molecule is CSc1ccc(C[NH+](C)CC(=O)NC[C@H](C)c2ccccc2)cc1. The first kappa shape index (κ1) is 18.6. The number of benzene rings is 2. The van der Waals surface area contributed by atoms with Gasteiger partial charge < -0.3 is 10.2 Å². The average molecular weight is 344 g/mol. The predicted octanol–water partition coefficient (Wildman–Crippen LogP) is 2.34. The van der Waals surface area contributed by atoms with Gasteiger partial charge in [-0.1, -0.05) is 49.4 Å². The highest BCUT2D eigenvalue weighted by molar-refractivity contribution is 7.98. The van der Waals surface area contributed by atoms with E-state index in [4.69, 9.17) is 0 Å². The van der Waals surface area contributed by atoms with Crippen molar-refractivity contribution in [2.45, 2.75) is 24.3 Å². The molecule has 2 aromatic rings. The molecule has 2 atom stereocenters. The lowest BCUT2D eigenvalue weighted by atomic mass is 10.0. The van der Waals surface area contributed by atoms with Crippen molar-refractivity contribution >= 4 is 17.7 Å². The third kappa shape index (κ3) is 6.02. The fourth-order valence-electron chi connectivity index (χ4n) is 2.66. The average Bonchev–Trinajstić information content (AvgIpc) is 2.61. The van der Waals surface area contributed by atoms with E-state index in [2.05, 4.69) is 61.9 Å².